The zero-order valence-electron chi connectivity index (χ0n) is 8.78. The van der Waals surface area contributed by atoms with Gasteiger partial charge in [0.1, 0.15) is 0 Å². The fourth-order valence-corrected chi connectivity index (χ4v) is 3.74. The topological polar surface area (TPSA) is 63.4 Å². The first kappa shape index (κ1) is 11.9. The molecule has 14 heavy (non-hydrogen) atoms. The minimum atomic E-state index is -2.92. The van der Waals surface area contributed by atoms with Gasteiger partial charge < -0.3 is 5.73 Å². The third kappa shape index (κ3) is 3.22. The average Bonchev–Trinajstić information content (AvgIpc) is 2.33. The minimum absolute atomic E-state index is 0.287. The Hall–Kier alpha value is -0.130. The molecular formula is C9H20N2O2S. The molecule has 0 aromatic rings. The van der Waals surface area contributed by atoms with Crippen LogP contribution in [-0.4, -0.2) is 38.1 Å². The smallest absolute Gasteiger partial charge is 0.214 e. The predicted molar refractivity (Wildman–Crippen MR) is 57.4 cm³/mol. The Kier molecular flexibility index (Phi) is 4.34. The molecule has 1 fully saturated rings. The van der Waals surface area contributed by atoms with Gasteiger partial charge in [0.15, 0.2) is 0 Å². The van der Waals surface area contributed by atoms with Gasteiger partial charge in [-0.05, 0) is 25.3 Å². The summed E-state index contributed by atoms with van der Waals surface area (Å²) >= 11 is 0. The van der Waals surface area contributed by atoms with Gasteiger partial charge >= 0.3 is 0 Å². The van der Waals surface area contributed by atoms with Crippen molar-refractivity contribution < 1.29 is 8.42 Å². The monoisotopic (exact) mass is 220 g/mol. The summed E-state index contributed by atoms with van der Waals surface area (Å²) in [6.07, 6.45) is 2.95. The fourth-order valence-electron chi connectivity index (χ4n) is 1.82. The minimum Gasteiger partial charge on any atom is -0.330 e. The van der Waals surface area contributed by atoms with E-state index in [4.69, 9.17) is 5.73 Å². The second kappa shape index (κ2) is 5.09. The molecule has 4 nitrogen and oxygen atoms in total. The van der Waals surface area contributed by atoms with Crippen LogP contribution in [0.5, 0.6) is 0 Å². The standard InChI is InChI=1S/C9H20N2O2S/c1-9-7-11(14(12,13)8-9)6-4-2-3-5-10/h9H,2-8,10H2,1H3. The molecule has 84 valence electrons. The molecule has 1 aliphatic rings. The van der Waals surface area contributed by atoms with Crippen LogP contribution in [0.2, 0.25) is 0 Å². The lowest BCUT2D eigenvalue weighted by atomic mass is 10.2. The number of rotatable bonds is 5. The average molecular weight is 220 g/mol. The number of unbranched alkanes of at least 4 members (excludes halogenated alkanes) is 2. The molecule has 1 unspecified atom stereocenters. The van der Waals surface area contributed by atoms with Gasteiger partial charge in [0, 0.05) is 13.1 Å². The fraction of sp³-hybridized carbons (Fsp3) is 1.00. The largest absolute Gasteiger partial charge is 0.330 e. The van der Waals surface area contributed by atoms with Crippen LogP contribution >= 0.6 is 0 Å². The van der Waals surface area contributed by atoms with Crippen LogP contribution in [-0.2, 0) is 10.0 Å². The van der Waals surface area contributed by atoms with E-state index < -0.39 is 10.0 Å². The molecule has 1 atom stereocenters. The Balaban J connectivity index is 2.31. The molecule has 0 bridgehead atoms. The van der Waals surface area contributed by atoms with Crippen LogP contribution in [0.15, 0.2) is 0 Å². The van der Waals surface area contributed by atoms with Gasteiger partial charge in [0.05, 0.1) is 5.75 Å². The van der Waals surface area contributed by atoms with Crippen molar-refractivity contribution in [2.75, 3.05) is 25.4 Å². The van der Waals surface area contributed by atoms with Gasteiger partial charge in [-0.3, -0.25) is 0 Å². The van der Waals surface area contributed by atoms with E-state index in [2.05, 4.69) is 0 Å². The highest BCUT2D eigenvalue weighted by molar-refractivity contribution is 7.89. The van der Waals surface area contributed by atoms with E-state index in [1.807, 2.05) is 6.92 Å². The van der Waals surface area contributed by atoms with Gasteiger partial charge in [0.25, 0.3) is 0 Å². The highest BCUT2D eigenvalue weighted by Crippen LogP contribution is 2.19. The number of nitrogens with two attached hydrogens (primary N) is 1. The van der Waals surface area contributed by atoms with Crippen molar-refractivity contribution in [3.63, 3.8) is 0 Å². The lowest BCUT2D eigenvalue weighted by molar-refractivity contribution is 0.401. The number of hydrogen-bond acceptors (Lipinski definition) is 3. The number of hydrogen-bond donors (Lipinski definition) is 1. The van der Waals surface area contributed by atoms with E-state index >= 15 is 0 Å². The second-order valence-electron chi connectivity index (χ2n) is 4.09. The summed E-state index contributed by atoms with van der Waals surface area (Å²) in [6.45, 7) is 4.05. The lowest BCUT2D eigenvalue weighted by Gasteiger charge is -2.13. The van der Waals surface area contributed by atoms with Crippen LogP contribution in [0.4, 0.5) is 0 Å². The summed E-state index contributed by atoms with van der Waals surface area (Å²) in [7, 11) is -2.92. The first-order valence-electron chi connectivity index (χ1n) is 5.24. The Morgan fingerprint density at radius 1 is 1.36 bits per heavy atom. The summed E-state index contributed by atoms with van der Waals surface area (Å²) in [6, 6.07) is 0. The molecular weight excluding hydrogens is 200 g/mol. The van der Waals surface area contributed by atoms with Gasteiger partial charge in [-0.1, -0.05) is 13.3 Å². The molecule has 0 aliphatic carbocycles. The molecule has 0 aromatic carbocycles. The molecule has 0 spiro atoms. The summed E-state index contributed by atoms with van der Waals surface area (Å²) in [5.41, 5.74) is 5.37. The first-order chi connectivity index (χ1) is 6.56. The Morgan fingerprint density at radius 2 is 2.07 bits per heavy atom. The Bertz CT molecular complexity index is 264. The van der Waals surface area contributed by atoms with Crippen molar-refractivity contribution in [3.05, 3.63) is 0 Å². The highest BCUT2D eigenvalue weighted by Gasteiger charge is 2.32. The van der Waals surface area contributed by atoms with Crippen LogP contribution < -0.4 is 5.73 Å². The molecule has 1 rings (SSSR count). The molecule has 2 N–H and O–H groups in total. The molecule has 5 heteroatoms. The van der Waals surface area contributed by atoms with Crippen molar-refractivity contribution in [2.45, 2.75) is 26.2 Å². The van der Waals surface area contributed by atoms with Crippen LogP contribution in [0.25, 0.3) is 0 Å². The van der Waals surface area contributed by atoms with E-state index in [0.29, 0.717) is 25.4 Å². The second-order valence-corrected chi connectivity index (χ2v) is 6.10. The zero-order chi connectivity index (χ0) is 10.6. The first-order valence-corrected chi connectivity index (χ1v) is 6.85. The Labute approximate surface area is 86.5 Å². The normalized spacial score (nSPS) is 26.9. The maximum absolute atomic E-state index is 11.5. The summed E-state index contributed by atoms with van der Waals surface area (Å²) < 4.78 is 24.7. The predicted octanol–water partition coefficient (Wildman–Crippen LogP) is 0.397. The third-order valence-corrected chi connectivity index (χ3v) is 4.62. The van der Waals surface area contributed by atoms with Gasteiger partial charge in [-0.25, -0.2) is 12.7 Å². The van der Waals surface area contributed by atoms with Gasteiger partial charge in [-0.15, -0.1) is 0 Å². The van der Waals surface area contributed by atoms with Crippen LogP contribution in [0.3, 0.4) is 0 Å². The van der Waals surface area contributed by atoms with Gasteiger partial charge in [-0.2, -0.15) is 0 Å². The van der Waals surface area contributed by atoms with Gasteiger partial charge in [0.2, 0.25) is 10.0 Å². The molecule has 0 aromatic heterocycles. The quantitative estimate of drug-likeness (QED) is 0.682. The van der Waals surface area contributed by atoms with Crippen LogP contribution in [0, 0.1) is 5.92 Å². The van der Waals surface area contributed by atoms with E-state index in [0.717, 1.165) is 19.3 Å². The van der Waals surface area contributed by atoms with E-state index in [9.17, 15) is 8.42 Å². The van der Waals surface area contributed by atoms with E-state index in [1.165, 1.54) is 0 Å². The SMILES string of the molecule is CC1CN(CCCCCN)S(=O)(=O)C1. The summed E-state index contributed by atoms with van der Waals surface area (Å²) in [4.78, 5) is 0. The molecule has 1 aliphatic heterocycles. The zero-order valence-corrected chi connectivity index (χ0v) is 9.59. The van der Waals surface area contributed by atoms with E-state index in [-0.39, 0.29) is 5.92 Å². The number of nitrogens with zero attached hydrogens (tertiary/aromatic N) is 1. The highest BCUT2D eigenvalue weighted by atomic mass is 32.2. The lowest BCUT2D eigenvalue weighted by Crippen LogP contribution is -2.27. The Morgan fingerprint density at radius 3 is 2.57 bits per heavy atom. The molecule has 1 saturated heterocycles. The molecule has 1 heterocycles. The maximum atomic E-state index is 11.5. The molecule has 0 amide bonds. The number of sulfonamides is 1. The summed E-state index contributed by atoms with van der Waals surface area (Å²) in [5.74, 6) is 0.610. The van der Waals surface area contributed by atoms with Crippen molar-refractivity contribution >= 4 is 10.0 Å². The molecule has 0 radical (unpaired) electrons. The van der Waals surface area contributed by atoms with Crippen molar-refractivity contribution in [1.82, 2.24) is 4.31 Å². The third-order valence-electron chi connectivity index (χ3n) is 2.52. The van der Waals surface area contributed by atoms with E-state index in [1.54, 1.807) is 4.31 Å². The van der Waals surface area contributed by atoms with Crippen LogP contribution in [0.1, 0.15) is 26.2 Å². The van der Waals surface area contributed by atoms with Crippen molar-refractivity contribution in [3.8, 4) is 0 Å². The van der Waals surface area contributed by atoms with Crippen molar-refractivity contribution in [2.24, 2.45) is 11.7 Å². The summed E-state index contributed by atoms with van der Waals surface area (Å²) in [5, 5.41) is 0. The molecule has 0 saturated carbocycles. The maximum Gasteiger partial charge on any atom is 0.214 e. The van der Waals surface area contributed by atoms with Crippen molar-refractivity contribution in [1.29, 1.82) is 0 Å².